The molecule has 3 aromatic rings. The standard InChI is InChI=1S/C22H25FN4OS/c1-16(2)12-13-24-21(28)15-29-22-26-25-20(14-17-6-4-3-5-7-17)27(22)19-10-8-18(23)9-11-19/h3-11,16H,12-15H2,1-2H3,(H,24,28). The van der Waals surface area contributed by atoms with Crippen LogP contribution in [0.25, 0.3) is 5.69 Å². The van der Waals surface area contributed by atoms with E-state index in [9.17, 15) is 9.18 Å². The average Bonchev–Trinajstić information content (AvgIpc) is 3.10. The van der Waals surface area contributed by atoms with E-state index in [1.54, 1.807) is 12.1 Å². The fraction of sp³-hybridized carbons (Fsp3) is 0.318. The number of hydrogen-bond donors (Lipinski definition) is 1. The smallest absolute Gasteiger partial charge is 0.230 e. The first-order valence-corrected chi connectivity index (χ1v) is 10.6. The summed E-state index contributed by atoms with van der Waals surface area (Å²) in [5.74, 6) is 1.21. The first kappa shape index (κ1) is 21.0. The second kappa shape index (κ2) is 10.2. The molecular weight excluding hydrogens is 387 g/mol. The topological polar surface area (TPSA) is 59.8 Å². The van der Waals surface area contributed by atoms with E-state index >= 15 is 0 Å². The minimum Gasteiger partial charge on any atom is -0.355 e. The molecule has 2 aromatic carbocycles. The second-order valence-electron chi connectivity index (χ2n) is 7.19. The van der Waals surface area contributed by atoms with Crippen molar-refractivity contribution in [1.82, 2.24) is 20.1 Å². The van der Waals surface area contributed by atoms with E-state index in [1.807, 2.05) is 34.9 Å². The lowest BCUT2D eigenvalue weighted by atomic mass is 10.1. The molecule has 7 heteroatoms. The molecule has 29 heavy (non-hydrogen) atoms. The van der Waals surface area contributed by atoms with Crippen molar-refractivity contribution >= 4 is 17.7 Å². The summed E-state index contributed by atoms with van der Waals surface area (Å²) in [6.07, 6.45) is 1.54. The van der Waals surface area contributed by atoms with Gasteiger partial charge in [-0.05, 0) is 42.2 Å². The number of hydrogen-bond acceptors (Lipinski definition) is 4. The van der Waals surface area contributed by atoms with Gasteiger partial charge < -0.3 is 5.32 Å². The second-order valence-corrected chi connectivity index (χ2v) is 8.14. The van der Waals surface area contributed by atoms with Gasteiger partial charge in [-0.1, -0.05) is 55.9 Å². The lowest BCUT2D eigenvalue weighted by Gasteiger charge is -2.11. The van der Waals surface area contributed by atoms with Crippen LogP contribution in [0.4, 0.5) is 4.39 Å². The Hall–Kier alpha value is -2.67. The van der Waals surface area contributed by atoms with Crippen molar-refractivity contribution in [3.05, 3.63) is 71.8 Å². The molecule has 152 valence electrons. The van der Waals surface area contributed by atoms with E-state index in [0.29, 0.717) is 24.0 Å². The molecule has 0 bridgehead atoms. The Balaban J connectivity index is 1.77. The van der Waals surface area contributed by atoms with Crippen LogP contribution >= 0.6 is 11.8 Å². The van der Waals surface area contributed by atoms with Crippen LogP contribution in [0.3, 0.4) is 0 Å². The molecule has 0 fully saturated rings. The van der Waals surface area contributed by atoms with Crippen LogP contribution in [0.2, 0.25) is 0 Å². The summed E-state index contributed by atoms with van der Waals surface area (Å²) >= 11 is 1.33. The van der Waals surface area contributed by atoms with Gasteiger partial charge in [0.2, 0.25) is 5.91 Å². The number of aromatic nitrogens is 3. The van der Waals surface area contributed by atoms with Gasteiger partial charge in [-0.2, -0.15) is 0 Å². The van der Waals surface area contributed by atoms with Crippen LogP contribution in [-0.4, -0.2) is 33.0 Å². The molecule has 5 nitrogen and oxygen atoms in total. The number of thioether (sulfide) groups is 1. The Kier molecular flexibility index (Phi) is 7.41. The highest BCUT2D eigenvalue weighted by Crippen LogP contribution is 2.23. The van der Waals surface area contributed by atoms with E-state index in [0.717, 1.165) is 23.5 Å². The van der Waals surface area contributed by atoms with Gasteiger partial charge in [0.25, 0.3) is 0 Å². The van der Waals surface area contributed by atoms with Gasteiger partial charge in [-0.15, -0.1) is 10.2 Å². The van der Waals surface area contributed by atoms with E-state index in [4.69, 9.17) is 0 Å². The Bertz CT molecular complexity index is 926. The molecule has 0 radical (unpaired) electrons. The molecule has 0 saturated heterocycles. The van der Waals surface area contributed by atoms with Crippen LogP contribution in [0.15, 0.2) is 59.8 Å². The zero-order valence-electron chi connectivity index (χ0n) is 16.6. The first-order chi connectivity index (χ1) is 14.0. The third kappa shape index (κ3) is 6.15. The highest BCUT2D eigenvalue weighted by Gasteiger charge is 2.16. The highest BCUT2D eigenvalue weighted by molar-refractivity contribution is 7.99. The summed E-state index contributed by atoms with van der Waals surface area (Å²) in [7, 11) is 0. The van der Waals surface area contributed by atoms with Crippen molar-refractivity contribution in [2.45, 2.75) is 31.8 Å². The number of rotatable bonds is 9. The van der Waals surface area contributed by atoms with Crippen LogP contribution < -0.4 is 5.32 Å². The fourth-order valence-electron chi connectivity index (χ4n) is 2.82. The Morgan fingerprint density at radius 2 is 1.83 bits per heavy atom. The molecule has 1 N–H and O–H groups in total. The molecule has 0 atom stereocenters. The summed E-state index contributed by atoms with van der Waals surface area (Å²) in [6, 6.07) is 16.2. The van der Waals surface area contributed by atoms with Crippen LogP contribution in [0.5, 0.6) is 0 Å². The average molecular weight is 413 g/mol. The normalized spacial score (nSPS) is 11.0. The number of nitrogens with one attached hydrogen (secondary N) is 1. The van der Waals surface area contributed by atoms with Gasteiger partial charge in [-0.25, -0.2) is 4.39 Å². The largest absolute Gasteiger partial charge is 0.355 e. The van der Waals surface area contributed by atoms with Gasteiger partial charge in [0.15, 0.2) is 5.16 Å². The van der Waals surface area contributed by atoms with E-state index in [-0.39, 0.29) is 17.5 Å². The SMILES string of the molecule is CC(C)CCNC(=O)CSc1nnc(Cc2ccccc2)n1-c1ccc(F)cc1. The Morgan fingerprint density at radius 3 is 2.52 bits per heavy atom. The van der Waals surface area contributed by atoms with Crippen LogP contribution in [0, 0.1) is 11.7 Å². The number of carbonyl (C=O) groups is 1. The van der Waals surface area contributed by atoms with Crippen molar-refractivity contribution in [3.8, 4) is 5.69 Å². The number of nitrogens with zero attached hydrogens (tertiary/aromatic N) is 3. The van der Waals surface area contributed by atoms with E-state index in [1.165, 1.54) is 23.9 Å². The van der Waals surface area contributed by atoms with Gasteiger partial charge in [-0.3, -0.25) is 9.36 Å². The van der Waals surface area contributed by atoms with Crippen molar-refractivity contribution in [2.75, 3.05) is 12.3 Å². The Labute approximate surface area is 174 Å². The molecule has 1 heterocycles. The van der Waals surface area contributed by atoms with Gasteiger partial charge in [0, 0.05) is 18.7 Å². The van der Waals surface area contributed by atoms with Crippen molar-refractivity contribution in [3.63, 3.8) is 0 Å². The molecule has 0 aliphatic rings. The van der Waals surface area contributed by atoms with Gasteiger partial charge in [0.1, 0.15) is 11.6 Å². The molecular formula is C22H25FN4OS. The highest BCUT2D eigenvalue weighted by atomic mass is 32.2. The minimum atomic E-state index is -0.301. The summed E-state index contributed by atoms with van der Waals surface area (Å²) in [5, 5.41) is 12.2. The molecule has 0 aliphatic carbocycles. The van der Waals surface area contributed by atoms with E-state index in [2.05, 4.69) is 29.4 Å². The van der Waals surface area contributed by atoms with E-state index < -0.39 is 0 Å². The Morgan fingerprint density at radius 1 is 1.10 bits per heavy atom. The fourth-order valence-corrected chi connectivity index (χ4v) is 3.62. The number of benzene rings is 2. The lowest BCUT2D eigenvalue weighted by Crippen LogP contribution is -2.27. The summed E-state index contributed by atoms with van der Waals surface area (Å²) in [4.78, 5) is 12.1. The zero-order valence-corrected chi connectivity index (χ0v) is 17.5. The number of carbonyl (C=O) groups excluding carboxylic acids is 1. The summed E-state index contributed by atoms with van der Waals surface area (Å²) < 4.78 is 15.3. The molecule has 0 unspecified atom stereocenters. The maximum atomic E-state index is 13.4. The summed E-state index contributed by atoms with van der Waals surface area (Å²) in [5.41, 5.74) is 1.87. The van der Waals surface area contributed by atoms with Gasteiger partial charge in [0.05, 0.1) is 5.75 Å². The third-order valence-corrected chi connectivity index (χ3v) is 5.30. The maximum Gasteiger partial charge on any atom is 0.230 e. The molecule has 0 spiro atoms. The van der Waals surface area contributed by atoms with Crippen molar-refractivity contribution in [2.24, 2.45) is 5.92 Å². The molecule has 1 amide bonds. The predicted molar refractivity (Wildman–Crippen MR) is 114 cm³/mol. The summed E-state index contributed by atoms with van der Waals surface area (Å²) in [6.45, 7) is 4.92. The lowest BCUT2D eigenvalue weighted by molar-refractivity contribution is -0.118. The first-order valence-electron chi connectivity index (χ1n) is 9.66. The monoisotopic (exact) mass is 412 g/mol. The van der Waals surface area contributed by atoms with Gasteiger partial charge >= 0.3 is 0 Å². The number of amides is 1. The quantitative estimate of drug-likeness (QED) is 0.534. The zero-order chi connectivity index (χ0) is 20.6. The molecule has 1 aromatic heterocycles. The minimum absolute atomic E-state index is 0.0334. The number of halogens is 1. The molecule has 3 rings (SSSR count). The van der Waals surface area contributed by atoms with Crippen molar-refractivity contribution in [1.29, 1.82) is 0 Å². The molecule has 0 saturated carbocycles. The van der Waals surface area contributed by atoms with Crippen LogP contribution in [0.1, 0.15) is 31.7 Å². The molecule has 0 aliphatic heterocycles. The van der Waals surface area contributed by atoms with Crippen molar-refractivity contribution < 1.29 is 9.18 Å². The predicted octanol–water partition coefficient (Wildman–Crippen LogP) is 4.25. The third-order valence-electron chi connectivity index (χ3n) is 4.37. The maximum absolute atomic E-state index is 13.4. The van der Waals surface area contributed by atoms with Crippen LogP contribution in [-0.2, 0) is 11.2 Å².